The standard InChI is InChI=1S/C11H16N2O5S/c1-8-7-9(11(14)15)3-4-10(8)13-19(16,17)12-5-6-18-2/h3-4,7,12-13H,5-6H2,1-2H3,(H,14,15). The summed E-state index contributed by atoms with van der Waals surface area (Å²) in [5.41, 5.74) is 0.958. The fourth-order valence-electron chi connectivity index (χ4n) is 1.37. The van der Waals surface area contributed by atoms with Crippen LogP contribution in [0.4, 0.5) is 5.69 Å². The van der Waals surface area contributed by atoms with Gasteiger partial charge in [-0.2, -0.15) is 13.1 Å². The van der Waals surface area contributed by atoms with Gasteiger partial charge in [-0.3, -0.25) is 4.72 Å². The molecule has 0 amide bonds. The molecule has 0 unspecified atom stereocenters. The predicted octanol–water partition coefficient (Wildman–Crippen LogP) is 0.586. The van der Waals surface area contributed by atoms with Gasteiger partial charge in [-0.05, 0) is 30.7 Å². The van der Waals surface area contributed by atoms with E-state index in [1.54, 1.807) is 6.92 Å². The zero-order chi connectivity index (χ0) is 14.5. The fourth-order valence-corrected chi connectivity index (χ4v) is 2.31. The molecule has 0 aliphatic carbocycles. The van der Waals surface area contributed by atoms with Gasteiger partial charge >= 0.3 is 5.97 Å². The molecular weight excluding hydrogens is 272 g/mol. The molecule has 8 heteroatoms. The Kier molecular flexibility index (Phi) is 5.28. The summed E-state index contributed by atoms with van der Waals surface area (Å²) in [6.07, 6.45) is 0. The van der Waals surface area contributed by atoms with Gasteiger partial charge in [-0.25, -0.2) is 4.79 Å². The van der Waals surface area contributed by atoms with E-state index in [0.717, 1.165) is 0 Å². The van der Waals surface area contributed by atoms with Crippen molar-refractivity contribution in [3.8, 4) is 0 Å². The summed E-state index contributed by atoms with van der Waals surface area (Å²) < 4.78 is 32.7. The van der Waals surface area contributed by atoms with Gasteiger partial charge in [0, 0.05) is 13.7 Å². The predicted molar refractivity (Wildman–Crippen MR) is 70.6 cm³/mol. The average molecular weight is 288 g/mol. The number of carboxylic acids is 1. The molecule has 7 nitrogen and oxygen atoms in total. The second-order valence-corrected chi connectivity index (χ2v) is 5.33. The van der Waals surface area contributed by atoms with E-state index in [0.29, 0.717) is 11.3 Å². The van der Waals surface area contributed by atoms with Crippen molar-refractivity contribution in [2.24, 2.45) is 0 Å². The maximum absolute atomic E-state index is 11.7. The summed E-state index contributed by atoms with van der Waals surface area (Å²) in [5, 5.41) is 8.81. The van der Waals surface area contributed by atoms with E-state index < -0.39 is 16.2 Å². The van der Waals surface area contributed by atoms with Gasteiger partial charge in [0.1, 0.15) is 0 Å². The summed E-state index contributed by atoms with van der Waals surface area (Å²) in [5.74, 6) is -1.06. The summed E-state index contributed by atoms with van der Waals surface area (Å²) >= 11 is 0. The highest BCUT2D eigenvalue weighted by Gasteiger charge is 2.12. The molecular formula is C11H16N2O5S. The number of carboxylic acid groups (broad SMARTS) is 1. The molecule has 0 aromatic heterocycles. The maximum atomic E-state index is 11.7. The van der Waals surface area contributed by atoms with E-state index >= 15 is 0 Å². The number of aryl methyl sites for hydroxylation is 1. The van der Waals surface area contributed by atoms with Crippen molar-refractivity contribution >= 4 is 21.9 Å². The average Bonchev–Trinajstić information content (AvgIpc) is 2.31. The second-order valence-electron chi connectivity index (χ2n) is 3.83. The minimum Gasteiger partial charge on any atom is -0.478 e. The molecule has 0 saturated heterocycles. The molecule has 0 radical (unpaired) electrons. The van der Waals surface area contributed by atoms with Crippen molar-refractivity contribution in [1.82, 2.24) is 4.72 Å². The lowest BCUT2D eigenvalue weighted by atomic mass is 10.1. The van der Waals surface area contributed by atoms with Crippen LogP contribution in [-0.2, 0) is 14.9 Å². The topological polar surface area (TPSA) is 105 Å². The van der Waals surface area contributed by atoms with Crippen LogP contribution in [0.25, 0.3) is 0 Å². The molecule has 0 atom stereocenters. The summed E-state index contributed by atoms with van der Waals surface area (Å²) in [7, 11) is -2.22. The molecule has 0 heterocycles. The van der Waals surface area contributed by atoms with Crippen molar-refractivity contribution in [2.75, 3.05) is 25.0 Å². The minimum atomic E-state index is -3.69. The van der Waals surface area contributed by atoms with Gasteiger partial charge in [-0.15, -0.1) is 0 Å². The Bertz CT molecular complexity index is 556. The minimum absolute atomic E-state index is 0.104. The number of hydrogen-bond acceptors (Lipinski definition) is 4. The van der Waals surface area contributed by atoms with Crippen LogP contribution in [-0.4, -0.2) is 39.8 Å². The highest BCUT2D eigenvalue weighted by atomic mass is 32.2. The zero-order valence-corrected chi connectivity index (χ0v) is 11.5. The Balaban J connectivity index is 2.79. The normalized spacial score (nSPS) is 11.3. The van der Waals surface area contributed by atoms with Crippen molar-refractivity contribution in [3.63, 3.8) is 0 Å². The molecule has 0 spiro atoms. The highest BCUT2D eigenvalue weighted by Crippen LogP contribution is 2.17. The SMILES string of the molecule is COCCNS(=O)(=O)Nc1ccc(C(=O)O)cc1C. The number of ether oxygens (including phenoxy) is 1. The molecule has 0 aliphatic rings. The Morgan fingerprint density at radius 1 is 1.42 bits per heavy atom. The maximum Gasteiger partial charge on any atom is 0.335 e. The first-order valence-corrected chi connectivity index (χ1v) is 6.94. The Morgan fingerprint density at radius 3 is 2.63 bits per heavy atom. The first-order valence-electron chi connectivity index (χ1n) is 5.46. The molecule has 0 fully saturated rings. The summed E-state index contributed by atoms with van der Waals surface area (Å²) in [6, 6.07) is 4.14. The van der Waals surface area contributed by atoms with Gasteiger partial charge < -0.3 is 9.84 Å². The van der Waals surface area contributed by atoms with Crippen LogP contribution in [0.1, 0.15) is 15.9 Å². The molecule has 0 bridgehead atoms. The van der Waals surface area contributed by atoms with E-state index in [1.165, 1.54) is 25.3 Å². The van der Waals surface area contributed by atoms with Crippen LogP contribution in [0.15, 0.2) is 18.2 Å². The van der Waals surface area contributed by atoms with Crippen LogP contribution in [0, 0.1) is 6.92 Å². The number of rotatable bonds is 7. The zero-order valence-electron chi connectivity index (χ0n) is 10.6. The number of aromatic carboxylic acids is 1. The quantitative estimate of drug-likeness (QED) is 0.637. The summed E-state index contributed by atoms with van der Waals surface area (Å²) in [6.45, 7) is 2.04. The second kappa shape index (κ2) is 6.50. The highest BCUT2D eigenvalue weighted by molar-refractivity contribution is 7.90. The lowest BCUT2D eigenvalue weighted by Gasteiger charge is -2.11. The molecule has 106 valence electrons. The number of methoxy groups -OCH3 is 1. The Morgan fingerprint density at radius 2 is 2.11 bits per heavy atom. The third-order valence-electron chi connectivity index (χ3n) is 2.32. The lowest BCUT2D eigenvalue weighted by Crippen LogP contribution is -2.32. The largest absolute Gasteiger partial charge is 0.478 e. The molecule has 1 aromatic rings. The first kappa shape index (κ1) is 15.4. The van der Waals surface area contributed by atoms with Gasteiger partial charge in [0.05, 0.1) is 17.9 Å². The van der Waals surface area contributed by atoms with E-state index in [1.807, 2.05) is 0 Å². The monoisotopic (exact) mass is 288 g/mol. The van der Waals surface area contributed by atoms with Crippen LogP contribution in [0.3, 0.4) is 0 Å². The number of anilines is 1. The van der Waals surface area contributed by atoms with Crippen molar-refractivity contribution < 1.29 is 23.1 Å². The number of benzene rings is 1. The van der Waals surface area contributed by atoms with Crippen LogP contribution < -0.4 is 9.44 Å². The van der Waals surface area contributed by atoms with Gasteiger partial charge in [0.25, 0.3) is 10.2 Å². The third-order valence-corrected chi connectivity index (χ3v) is 3.39. The van der Waals surface area contributed by atoms with E-state index in [4.69, 9.17) is 9.84 Å². The van der Waals surface area contributed by atoms with Crippen molar-refractivity contribution in [2.45, 2.75) is 6.92 Å². The lowest BCUT2D eigenvalue weighted by molar-refractivity contribution is 0.0697. The van der Waals surface area contributed by atoms with Gasteiger partial charge in [0.2, 0.25) is 0 Å². The van der Waals surface area contributed by atoms with Gasteiger partial charge in [0.15, 0.2) is 0 Å². The Labute approximate surface area is 111 Å². The molecule has 1 rings (SSSR count). The number of nitrogens with one attached hydrogen (secondary N) is 2. The molecule has 0 saturated carbocycles. The van der Waals surface area contributed by atoms with Crippen LogP contribution in [0.5, 0.6) is 0 Å². The van der Waals surface area contributed by atoms with E-state index in [9.17, 15) is 13.2 Å². The fraction of sp³-hybridized carbons (Fsp3) is 0.364. The molecule has 1 aromatic carbocycles. The summed E-state index contributed by atoms with van der Waals surface area (Å²) in [4.78, 5) is 10.8. The molecule has 0 aliphatic heterocycles. The third kappa shape index (κ3) is 4.86. The van der Waals surface area contributed by atoms with E-state index in [-0.39, 0.29) is 18.7 Å². The van der Waals surface area contributed by atoms with Crippen molar-refractivity contribution in [3.05, 3.63) is 29.3 Å². The van der Waals surface area contributed by atoms with E-state index in [2.05, 4.69) is 9.44 Å². The Hall–Kier alpha value is -1.64. The number of carbonyl (C=O) groups is 1. The molecule has 3 N–H and O–H groups in total. The van der Waals surface area contributed by atoms with Crippen LogP contribution in [0.2, 0.25) is 0 Å². The number of hydrogen-bond donors (Lipinski definition) is 3. The van der Waals surface area contributed by atoms with Crippen LogP contribution >= 0.6 is 0 Å². The van der Waals surface area contributed by atoms with Gasteiger partial charge in [-0.1, -0.05) is 0 Å². The first-order chi connectivity index (χ1) is 8.85. The van der Waals surface area contributed by atoms with Crippen molar-refractivity contribution in [1.29, 1.82) is 0 Å². The smallest absolute Gasteiger partial charge is 0.335 e. The molecule has 19 heavy (non-hydrogen) atoms.